The van der Waals surface area contributed by atoms with Crippen molar-refractivity contribution in [3.8, 4) is 0 Å². The van der Waals surface area contributed by atoms with Gasteiger partial charge in [0.1, 0.15) is 0 Å². The number of carbonyl (C=O) groups excluding carboxylic acids is 2. The van der Waals surface area contributed by atoms with Crippen LogP contribution < -0.4 is 5.32 Å². The van der Waals surface area contributed by atoms with E-state index < -0.39 is 12.1 Å². The number of esters is 1. The number of carbonyl (C=O) groups is 2. The van der Waals surface area contributed by atoms with Crippen molar-refractivity contribution in [2.45, 2.75) is 501 Å². The molecule has 90 heavy (non-hydrogen) atoms. The van der Waals surface area contributed by atoms with Crippen molar-refractivity contribution < 1.29 is 24.5 Å². The highest BCUT2D eigenvalue weighted by atomic mass is 16.5. The van der Waals surface area contributed by atoms with Gasteiger partial charge in [-0.2, -0.15) is 0 Å². The maximum absolute atomic E-state index is 12.6. The maximum Gasteiger partial charge on any atom is 0.305 e. The van der Waals surface area contributed by atoms with Crippen LogP contribution in [0.2, 0.25) is 0 Å². The molecule has 3 N–H and O–H groups in total. The van der Waals surface area contributed by atoms with Crippen LogP contribution in [0.5, 0.6) is 0 Å². The average Bonchev–Trinajstić information content (AvgIpc) is 3.62. The summed E-state index contributed by atoms with van der Waals surface area (Å²) >= 11 is 0. The number of unbranched alkanes of at least 4 members (excludes halogenated alkanes) is 67. The molecule has 0 rings (SSSR count). The van der Waals surface area contributed by atoms with E-state index >= 15 is 0 Å². The van der Waals surface area contributed by atoms with Crippen LogP contribution in [0.25, 0.3) is 0 Å². The third-order valence-corrected chi connectivity index (χ3v) is 20.1. The summed E-state index contributed by atoms with van der Waals surface area (Å²) in [5.41, 5.74) is 0. The normalized spacial score (nSPS) is 12.4. The van der Waals surface area contributed by atoms with Gasteiger partial charge >= 0.3 is 5.97 Å². The Hall–Kier alpha value is -1.40. The van der Waals surface area contributed by atoms with Gasteiger partial charge in [-0.25, -0.2) is 0 Å². The van der Waals surface area contributed by atoms with Crippen LogP contribution >= 0.6 is 0 Å². The van der Waals surface area contributed by atoms with Gasteiger partial charge in [0, 0.05) is 12.8 Å². The Morgan fingerprint density at radius 3 is 0.789 bits per heavy atom. The van der Waals surface area contributed by atoms with E-state index in [-0.39, 0.29) is 18.5 Å². The molecule has 0 aromatic heterocycles. The molecular formula is C84H165NO5. The van der Waals surface area contributed by atoms with Gasteiger partial charge in [0.15, 0.2) is 0 Å². The van der Waals surface area contributed by atoms with Crippen molar-refractivity contribution >= 4 is 11.9 Å². The smallest absolute Gasteiger partial charge is 0.305 e. The number of aliphatic hydroxyl groups excluding tert-OH is 2. The number of nitrogens with one attached hydrogen (secondary N) is 1. The molecule has 0 bridgehead atoms. The Kier molecular flexibility index (Phi) is 78.8. The number of allylic oxidation sites excluding steroid dienone is 2. The summed E-state index contributed by atoms with van der Waals surface area (Å²) in [5.74, 6) is -0.00109. The maximum atomic E-state index is 12.6. The van der Waals surface area contributed by atoms with Crippen LogP contribution in [-0.2, 0) is 14.3 Å². The van der Waals surface area contributed by atoms with E-state index in [1.165, 1.54) is 417 Å². The van der Waals surface area contributed by atoms with Gasteiger partial charge in [0.05, 0.1) is 25.4 Å². The Morgan fingerprint density at radius 2 is 0.522 bits per heavy atom. The van der Waals surface area contributed by atoms with Crippen molar-refractivity contribution in [3.63, 3.8) is 0 Å². The average molecular weight is 1270 g/mol. The highest BCUT2D eigenvalue weighted by Crippen LogP contribution is 2.21. The van der Waals surface area contributed by atoms with Gasteiger partial charge in [-0.3, -0.25) is 9.59 Å². The summed E-state index contributed by atoms with van der Waals surface area (Å²) in [5, 5.41) is 23.5. The van der Waals surface area contributed by atoms with E-state index in [4.69, 9.17) is 4.74 Å². The number of aliphatic hydroxyl groups is 2. The Balaban J connectivity index is 3.33. The van der Waals surface area contributed by atoms with E-state index in [0.29, 0.717) is 25.9 Å². The lowest BCUT2D eigenvalue weighted by atomic mass is 10.0. The second kappa shape index (κ2) is 80.0. The number of ether oxygens (including phenoxy) is 1. The summed E-state index contributed by atoms with van der Waals surface area (Å²) in [6.45, 7) is 5.01. The predicted molar refractivity (Wildman–Crippen MR) is 398 cm³/mol. The number of amides is 1. The zero-order valence-electron chi connectivity index (χ0n) is 61.7. The molecule has 2 atom stereocenters. The second-order valence-electron chi connectivity index (χ2n) is 29.2. The molecule has 0 heterocycles. The van der Waals surface area contributed by atoms with Crippen molar-refractivity contribution in [3.05, 3.63) is 12.2 Å². The third kappa shape index (κ3) is 75.6. The number of hydrogen-bond acceptors (Lipinski definition) is 5. The highest BCUT2D eigenvalue weighted by molar-refractivity contribution is 5.76. The molecular weight excluding hydrogens is 1100 g/mol. The zero-order valence-corrected chi connectivity index (χ0v) is 61.7. The minimum absolute atomic E-state index is 0.0234. The molecule has 536 valence electrons. The minimum atomic E-state index is -0.662. The van der Waals surface area contributed by atoms with Crippen LogP contribution in [0.3, 0.4) is 0 Å². The van der Waals surface area contributed by atoms with E-state index in [9.17, 15) is 19.8 Å². The fourth-order valence-corrected chi connectivity index (χ4v) is 13.7. The molecule has 0 aliphatic rings. The van der Waals surface area contributed by atoms with Crippen LogP contribution in [-0.4, -0.2) is 47.4 Å². The second-order valence-corrected chi connectivity index (χ2v) is 29.2. The lowest BCUT2D eigenvalue weighted by Crippen LogP contribution is -2.45. The minimum Gasteiger partial charge on any atom is -0.466 e. The van der Waals surface area contributed by atoms with E-state index in [2.05, 4.69) is 31.3 Å². The topological polar surface area (TPSA) is 95.9 Å². The molecule has 6 heteroatoms. The quantitative estimate of drug-likeness (QED) is 0.0320. The van der Waals surface area contributed by atoms with Crippen molar-refractivity contribution in [2.75, 3.05) is 13.2 Å². The van der Waals surface area contributed by atoms with Crippen LogP contribution in [0.4, 0.5) is 0 Å². The summed E-state index contributed by atoms with van der Waals surface area (Å²) < 4.78 is 5.49. The molecule has 0 aromatic rings. The monoisotopic (exact) mass is 1270 g/mol. The molecule has 0 radical (unpaired) electrons. The largest absolute Gasteiger partial charge is 0.466 e. The number of rotatable bonds is 80. The number of hydrogen-bond donors (Lipinski definition) is 3. The molecule has 0 aromatic carbocycles. The van der Waals surface area contributed by atoms with E-state index in [1.54, 1.807) is 0 Å². The first-order chi connectivity index (χ1) is 44.5. The Labute approximate surface area is 565 Å². The first-order valence-corrected chi connectivity index (χ1v) is 41.9. The molecule has 0 spiro atoms. The fraction of sp³-hybridized carbons (Fsp3) is 0.952. The van der Waals surface area contributed by atoms with Crippen molar-refractivity contribution in [1.29, 1.82) is 0 Å². The van der Waals surface area contributed by atoms with Crippen molar-refractivity contribution in [1.82, 2.24) is 5.32 Å². The molecule has 0 aliphatic carbocycles. The molecule has 2 unspecified atom stereocenters. The summed E-state index contributed by atoms with van der Waals surface area (Å²) in [6, 6.07) is -0.539. The standard InChI is InChI=1S/C84H165NO5/c1-3-5-7-9-11-13-15-17-18-19-20-21-22-38-41-44-47-50-53-56-60-64-68-72-76-82(87)81(80-86)85-83(88)77-73-69-65-61-57-54-51-48-45-42-39-36-34-32-30-28-26-24-23-25-27-29-31-33-35-37-40-43-46-49-52-55-59-63-67-71-75-79-90-84(89)78-74-70-66-62-58-16-14-12-10-8-6-4-2/h23,25,81-82,86-87H,3-22,24,26-80H2,1-2H3,(H,85,88)/b25-23-. The zero-order chi connectivity index (χ0) is 64.9. The third-order valence-electron chi connectivity index (χ3n) is 20.1. The SMILES string of the molecule is CCCCCCCCCCCCCCCCCCCCCCCCCCC(O)C(CO)NC(=O)CCCCCCCCCCCCCCCCCCC/C=C\CCCCCCCCCCCCCCCCCCOC(=O)CCCCCCCCCCCCCC. The first-order valence-electron chi connectivity index (χ1n) is 41.9. The van der Waals surface area contributed by atoms with Crippen LogP contribution in [0.1, 0.15) is 489 Å². The van der Waals surface area contributed by atoms with Gasteiger partial charge in [-0.15, -0.1) is 0 Å². The fourth-order valence-electron chi connectivity index (χ4n) is 13.7. The Bertz CT molecular complexity index is 1370. The lowest BCUT2D eigenvalue weighted by molar-refractivity contribution is -0.143. The lowest BCUT2D eigenvalue weighted by Gasteiger charge is -2.22. The van der Waals surface area contributed by atoms with E-state index in [0.717, 1.165) is 38.5 Å². The van der Waals surface area contributed by atoms with Gasteiger partial charge in [-0.05, 0) is 51.4 Å². The summed E-state index contributed by atoms with van der Waals surface area (Å²) in [7, 11) is 0. The molecule has 0 saturated carbocycles. The molecule has 0 aliphatic heterocycles. The molecule has 6 nitrogen and oxygen atoms in total. The highest BCUT2D eigenvalue weighted by Gasteiger charge is 2.20. The van der Waals surface area contributed by atoms with Gasteiger partial charge in [-0.1, -0.05) is 437 Å². The van der Waals surface area contributed by atoms with Crippen LogP contribution in [0.15, 0.2) is 12.2 Å². The van der Waals surface area contributed by atoms with Crippen molar-refractivity contribution in [2.24, 2.45) is 0 Å². The summed E-state index contributed by atoms with van der Waals surface area (Å²) in [6.07, 6.45) is 102. The summed E-state index contributed by atoms with van der Waals surface area (Å²) in [4.78, 5) is 24.6. The van der Waals surface area contributed by atoms with Gasteiger partial charge in [0.25, 0.3) is 0 Å². The van der Waals surface area contributed by atoms with Crippen LogP contribution in [0, 0.1) is 0 Å². The van der Waals surface area contributed by atoms with E-state index in [1.807, 2.05) is 0 Å². The molecule has 0 fully saturated rings. The molecule has 1 amide bonds. The first kappa shape index (κ1) is 88.6. The Morgan fingerprint density at radius 1 is 0.300 bits per heavy atom. The van der Waals surface area contributed by atoms with Gasteiger partial charge in [0.2, 0.25) is 5.91 Å². The predicted octanol–water partition coefficient (Wildman–Crippen LogP) is 27.8. The van der Waals surface area contributed by atoms with Gasteiger partial charge < -0.3 is 20.3 Å². The molecule has 0 saturated heterocycles.